The van der Waals surface area contributed by atoms with Crippen molar-refractivity contribution < 1.29 is 22.0 Å². The van der Waals surface area contributed by atoms with Gasteiger partial charge in [-0.2, -0.15) is 13.2 Å². The summed E-state index contributed by atoms with van der Waals surface area (Å²) in [6, 6.07) is 0.758. The fraction of sp³-hybridized carbons (Fsp3) is 0.375. The van der Waals surface area contributed by atoms with Crippen LogP contribution in [0.3, 0.4) is 0 Å². The van der Waals surface area contributed by atoms with Crippen molar-refractivity contribution >= 4 is 22.6 Å². The van der Waals surface area contributed by atoms with Crippen LogP contribution in [0.2, 0.25) is 0 Å². The lowest BCUT2D eigenvalue weighted by Gasteiger charge is -2.12. The van der Waals surface area contributed by atoms with Gasteiger partial charge in [-0.1, -0.05) is 0 Å². The van der Waals surface area contributed by atoms with Gasteiger partial charge < -0.3 is 0 Å². The van der Waals surface area contributed by atoms with Crippen LogP contribution in [0, 0.1) is 10.5 Å². The molecule has 0 aliphatic carbocycles. The summed E-state index contributed by atoms with van der Waals surface area (Å²) in [7, 11) is 0. The minimum atomic E-state index is -4.63. The highest BCUT2D eigenvalue weighted by Gasteiger charge is 2.35. The van der Waals surface area contributed by atoms with Crippen LogP contribution in [-0.2, 0) is 6.18 Å². The Labute approximate surface area is 95.8 Å². The molecule has 1 nitrogen and oxygen atoms in total. The molecule has 84 valence electrons. The first-order valence-electron chi connectivity index (χ1n) is 3.76. The van der Waals surface area contributed by atoms with Crippen LogP contribution in [0.15, 0.2) is 6.07 Å². The van der Waals surface area contributed by atoms with Crippen LogP contribution < -0.4 is 0 Å². The Balaban J connectivity index is 3.42. The van der Waals surface area contributed by atoms with Crippen LogP contribution in [0.5, 0.6) is 0 Å². The smallest absolute Gasteiger partial charge is 0.251 e. The Morgan fingerprint density at radius 3 is 2.27 bits per heavy atom. The fourth-order valence-electron chi connectivity index (χ4n) is 1.03. The summed E-state index contributed by atoms with van der Waals surface area (Å²) in [5.41, 5.74) is -1.95. The maximum Gasteiger partial charge on any atom is 0.417 e. The van der Waals surface area contributed by atoms with Crippen LogP contribution in [0.4, 0.5) is 22.0 Å². The van der Waals surface area contributed by atoms with E-state index < -0.39 is 27.4 Å². The highest BCUT2D eigenvalue weighted by atomic mass is 127. The molecule has 0 saturated carbocycles. The van der Waals surface area contributed by atoms with Crippen molar-refractivity contribution in [1.29, 1.82) is 0 Å². The number of pyridine rings is 1. The second-order valence-corrected chi connectivity index (χ2v) is 3.89. The highest BCUT2D eigenvalue weighted by molar-refractivity contribution is 14.1. The quantitative estimate of drug-likeness (QED) is 0.559. The molecule has 0 aliphatic rings. The van der Waals surface area contributed by atoms with Gasteiger partial charge in [0, 0.05) is 5.69 Å². The zero-order valence-corrected chi connectivity index (χ0v) is 9.53. The van der Waals surface area contributed by atoms with E-state index in [-0.39, 0.29) is 5.69 Å². The molecule has 1 aromatic rings. The molecule has 0 unspecified atom stereocenters. The number of aryl methyl sites for hydroxylation is 1. The normalized spacial score (nSPS) is 12.3. The van der Waals surface area contributed by atoms with Crippen molar-refractivity contribution in [3.63, 3.8) is 0 Å². The number of rotatable bonds is 1. The first-order valence-corrected chi connectivity index (χ1v) is 4.83. The molecular weight excluding hydrogens is 332 g/mol. The number of hydrogen-bond acceptors (Lipinski definition) is 1. The molecule has 0 radical (unpaired) electrons. The van der Waals surface area contributed by atoms with Gasteiger partial charge >= 0.3 is 6.18 Å². The molecule has 1 rings (SSSR count). The van der Waals surface area contributed by atoms with Gasteiger partial charge in [0.2, 0.25) is 0 Å². The van der Waals surface area contributed by atoms with Gasteiger partial charge in [-0.25, -0.2) is 8.78 Å². The molecule has 0 fully saturated rings. The standard InChI is InChI=1S/C8H5F5IN/c1-3-2-4(8(11,12)13)5(14)6(15-3)7(9)10/h2,7H,1H3. The molecule has 0 atom stereocenters. The number of hydrogen-bond donors (Lipinski definition) is 0. The molecule has 0 spiro atoms. The van der Waals surface area contributed by atoms with E-state index in [0.29, 0.717) is 0 Å². The van der Waals surface area contributed by atoms with Crippen molar-refractivity contribution in [3.8, 4) is 0 Å². The van der Waals surface area contributed by atoms with Crippen LogP contribution in [0.25, 0.3) is 0 Å². The largest absolute Gasteiger partial charge is 0.417 e. The van der Waals surface area contributed by atoms with Crippen molar-refractivity contribution in [1.82, 2.24) is 4.98 Å². The molecule has 0 N–H and O–H groups in total. The summed E-state index contributed by atoms with van der Waals surface area (Å²) >= 11 is 1.24. The van der Waals surface area contributed by atoms with Gasteiger partial charge in [-0.05, 0) is 35.6 Å². The Kier molecular flexibility index (Phi) is 3.51. The second kappa shape index (κ2) is 4.18. The molecule has 0 bridgehead atoms. The summed E-state index contributed by atoms with van der Waals surface area (Å²) in [5, 5.41) is 0. The third-order valence-electron chi connectivity index (χ3n) is 1.62. The average molecular weight is 337 g/mol. The zero-order valence-electron chi connectivity index (χ0n) is 7.37. The Bertz CT molecular complexity index is 374. The van der Waals surface area contributed by atoms with Crippen molar-refractivity contribution in [2.45, 2.75) is 19.5 Å². The van der Waals surface area contributed by atoms with Gasteiger partial charge in [0.05, 0.1) is 9.13 Å². The van der Waals surface area contributed by atoms with E-state index in [9.17, 15) is 22.0 Å². The summed E-state index contributed by atoms with van der Waals surface area (Å²) < 4.78 is 61.3. The second-order valence-electron chi connectivity index (χ2n) is 2.81. The van der Waals surface area contributed by atoms with Gasteiger partial charge in [-0.3, -0.25) is 4.98 Å². The minimum Gasteiger partial charge on any atom is -0.251 e. The molecular formula is C8H5F5IN. The van der Waals surface area contributed by atoms with Crippen molar-refractivity contribution in [2.75, 3.05) is 0 Å². The maximum atomic E-state index is 12.4. The Hall–Kier alpha value is -0.470. The van der Waals surface area contributed by atoms with Crippen molar-refractivity contribution in [2.24, 2.45) is 0 Å². The predicted molar refractivity (Wildman–Crippen MR) is 51.7 cm³/mol. The lowest BCUT2D eigenvalue weighted by Crippen LogP contribution is -2.12. The summed E-state index contributed by atoms with van der Waals surface area (Å²) in [5.74, 6) is 0. The minimum absolute atomic E-state index is 0.0713. The van der Waals surface area contributed by atoms with Gasteiger partial charge in [-0.15, -0.1) is 0 Å². The van der Waals surface area contributed by atoms with E-state index in [0.717, 1.165) is 6.07 Å². The van der Waals surface area contributed by atoms with Gasteiger partial charge in [0.25, 0.3) is 6.43 Å². The Morgan fingerprint density at radius 1 is 1.33 bits per heavy atom. The summed E-state index contributed by atoms with van der Waals surface area (Å²) in [4.78, 5) is 3.39. The van der Waals surface area contributed by atoms with Crippen LogP contribution in [0.1, 0.15) is 23.4 Å². The third kappa shape index (κ3) is 2.76. The molecule has 1 heterocycles. The molecule has 15 heavy (non-hydrogen) atoms. The lowest BCUT2D eigenvalue weighted by atomic mass is 10.2. The maximum absolute atomic E-state index is 12.4. The lowest BCUT2D eigenvalue weighted by molar-refractivity contribution is -0.138. The molecule has 7 heteroatoms. The molecule has 0 aromatic carbocycles. The SMILES string of the molecule is Cc1cc(C(F)(F)F)c(I)c(C(F)F)n1. The van der Waals surface area contributed by atoms with E-state index in [4.69, 9.17) is 0 Å². The first kappa shape index (κ1) is 12.6. The van der Waals surface area contributed by atoms with Gasteiger partial charge in [0.1, 0.15) is 5.69 Å². The predicted octanol–water partition coefficient (Wildman–Crippen LogP) is 3.95. The van der Waals surface area contributed by atoms with Crippen LogP contribution in [-0.4, -0.2) is 4.98 Å². The topological polar surface area (TPSA) is 12.9 Å². The number of aromatic nitrogens is 1. The molecule has 1 aromatic heterocycles. The summed E-state index contributed by atoms with van der Waals surface area (Å²) in [6.45, 7) is 1.25. The Morgan fingerprint density at radius 2 is 1.87 bits per heavy atom. The van der Waals surface area contributed by atoms with E-state index in [1.807, 2.05) is 0 Å². The number of nitrogens with zero attached hydrogens (tertiary/aromatic N) is 1. The third-order valence-corrected chi connectivity index (χ3v) is 2.76. The highest BCUT2D eigenvalue weighted by Crippen LogP contribution is 2.36. The van der Waals surface area contributed by atoms with Gasteiger partial charge in [0.15, 0.2) is 0 Å². The molecule has 0 amide bonds. The van der Waals surface area contributed by atoms with Crippen molar-refractivity contribution in [3.05, 3.63) is 26.6 Å². The summed E-state index contributed by atoms with van der Waals surface area (Å²) in [6.07, 6.45) is -7.63. The monoisotopic (exact) mass is 337 g/mol. The van der Waals surface area contributed by atoms with E-state index in [2.05, 4.69) is 4.98 Å². The van der Waals surface area contributed by atoms with E-state index in [1.54, 1.807) is 0 Å². The molecule has 0 saturated heterocycles. The molecule has 0 aliphatic heterocycles. The fourth-order valence-corrected chi connectivity index (χ4v) is 1.85. The first-order chi connectivity index (χ1) is 6.73. The average Bonchev–Trinajstić information content (AvgIpc) is 2.06. The zero-order chi connectivity index (χ0) is 11.8. The van der Waals surface area contributed by atoms with E-state index >= 15 is 0 Å². The van der Waals surface area contributed by atoms with Crippen LogP contribution >= 0.6 is 22.6 Å². The number of alkyl halides is 5. The number of halogens is 6. The van der Waals surface area contributed by atoms with E-state index in [1.165, 1.54) is 29.5 Å².